The largest absolute Gasteiger partial charge is 0.497 e. The molecule has 0 aliphatic carbocycles. The third-order valence-corrected chi connectivity index (χ3v) is 6.73. The van der Waals surface area contributed by atoms with Crippen LogP contribution in [-0.2, 0) is 18.6 Å². The molecule has 0 spiro atoms. The van der Waals surface area contributed by atoms with Crippen molar-refractivity contribution >= 4 is 18.8 Å². The lowest BCUT2D eigenvalue weighted by atomic mass is 10.2. The average molecular weight is 367 g/mol. The Balaban J connectivity index is 2.43. The van der Waals surface area contributed by atoms with Crippen LogP contribution in [0, 0.1) is 0 Å². The summed E-state index contributed by atoms with van der Waals surface area (Å²) in [6.07, 6.45) is 3.58. The van der Waals surface area contributed by atoms with Gasteiger partial charge in [-0.1, -0.05) is 6.08 Å². The summed E-state index contributed by atoms with van der Waals surface area (Å²) in [5.41, 5.74) is 0. The fourth-order valence-corrected chi connectivity index (χ4v) is 5.30. The van der Waals surface area contributed by atoms with Crippen molar-refractivity contribution in [1.82, 2.24) is 4.67 Å². The molecular weight excluding hydrogens is 341 g/mol. The highest BCUT2D eigenvalue weighted by molar-refractivity contribution is 7.64. The standard InChI is InChI=1S/C18H26NO5P/c1-4-8-17(18(20)23-5-2)19-13-6-7-14-24-25(19,21)16-11-9-15(22-3)10-12-16/h4,9-12,17H,1,5-8,13-14H2,2-3H3. The molecule has 1 aliphatic rings. The first-order chi connectivity index (χ1) is 12.1. The molecule has 0 radical (unpaired) electrons. The molecule has 0 bridgehead atoms. The molecule has 6 nitrogen and oxygen atoms in total. The Morgan fingerprint density at radius 1 is 1.40 bits per heavy atom. The zero-order valence-electron chi connectivity index (χ0n) is 14.8. The van der Waals surface area contributed by atoms with E-state index < -0.39 is 19.5 Å². The van der Waals surface area contributed by atoms with Crippen LogP contribution >= 0.6 is 7.52 Å². The molecule has 1 aliphatic heterocycles. The monoisotopic (exact) mass is 367 g/mol. The van der Waals surface area contributed by atoms with Crippen molar-refractivity contribution in [2.45, 2.75) is 32.2 Å². The quantitative estimate of drug-likeness (QED) is 0.419. The van der Waals surface area contributed by atoms with Gasteiger partial charge in [-0.2, -0.15) is 0 Å². The Morgan fingerprint density at radius 3 is 2.72 bits per heavy atom. The van der Waals surface area contributed by atoms with Gasteiger partial charge in [0.1, 0.15) is 11.8 Å². The van der Waals surface area contributed by atoms with Crippen molar-refractivity contribution < 1.29 is 23.4 Å². The van der Waals surface area contributed by atoms with Crippen LogP contribution in [0.1, 0.15) is 26.2 Å². The van der Waals surface area contributed by atoms with Gasteiger partial charge in [0.25, 0.3) is 0 Å². The third kappa shape index (κ3) is 4.51. The number of benzene rings is 1. The van der Waals surface area contributed by atoms with E-state index in [2.05, 4.69) is 6.58 Å². The van der Waals surface area contributed by atoms with Gasteiger partial charge >= 0.3 is 13.5 Å². The van der Waals surface area contributed by atoms with E-state index in [1.54, 1.807) is 49.0 Å². The van der Waals surface area contributed by atoms with E-state index in [1.165, 1.54) is 0 Å². The fourth-order valence-electron chi connectivity index (χ4n) is 2.84. The number of hydrogen-bond donors (Lipinski definition) is 0. The van der Waals surface area contributed by atoms with E-state index in [9.17, 15) is 9.36 Å². The number of carbonyl (C=O) groups excluding carboxylic acids is 1. The van der Waals surface area contributed by atoms with Gasteiger partial charge < -0.3 is 14.0 Å². The molecule has 7 heteroatoms. The SMILES string of the molecule is C=CCC(C(=O)OCC)N1CCCCOP1(=O)c1ccc(OC)cc1. The third-order valence-electron chi connectivity index (χ3n) is 4.09. The molecule has 2 atom stereocenters. The van der Waals surface area contributed by atoms with Crippen molar-refractivity contribution in [1.29, 1.82) is 0 Å². The maximum atomic E-state index is 13.8. The van der Waals surface area contributed by atoms with Gasteiger partial charge in [0.2, 0.25) is 0 Å². The number of esters is 1. The maximum Gasteiger partial charge on any atom is 0.324 e. The molecule has 2 unspecified atom stereocenters. The Kier molecular flexibility index (Phi) is 7.24. The van der Waals surface area contributed by atoms with Crippen LogP contribution in [-0.4, -0.2) is 43.5 Å². The normalized spacial score (nSPS) is 22.6. The summed E-state index contributed by atoms with van der Waals surface area (Å²) < 4.78 is 31.7. The number of rotatable bonds is 7. The number of nitrogens with zero attached hydrogens (tertiary/aromatic N) is 1. The highest BCUT2D eigenvalue weighted by Crippen LogP contribution is 2.53. The first-order valence-corrected chi connectivity index (χ1v) is 10.1. The summed E-state index contributed by atoms with van der Waals surface area (Å²) in [4.78, 5) is 12.5. The molecule has 1 heterocycles. The average Bonchev–Trinajstić information content (AvgIpc) is 2.82. The van der Waals surface area contributed by atoms with Crippen LogP contribution in [0.3, 0.4) is 0 Å². The van der Waals surface area contributed by atoms with Gasteiger partial charge in [-0.15, -0.1) is 6.58 Å². The van der Waals surface area contributed by atoms with Crippen LogP contribution < -0.4 is 10.0 Å². The van der Waals surface area contributed by atoms with Crippen molar-refractivity contribution in [3.05, 3.63) is 36.9 Å². The molecule has 1 aromatic carbocycles. The van der Waals surface area contributed by atoms with Gasteiger partial charge in [-0.05, 0) is 50.5 Å². The van der Waals surface area contributed by atoms with E-state index in [0.29, 0.717) is 30.6 Å². The Hall–Kier alpha value is -1.62. The lowest BCUT2D eigenvalue weighted by Crippen LogP contribution is -2.42. The Labute approximate surface area is 149 Å². The number of methoxy groups -OCH3 is 1. The van der Waals surface area contributed by atoms with Crippen LogP contribution in [0.4, 0.5) is 0 Å². The van der Waals surface area contributed by atoms with Crippen molar-refractivity contribution in [3.8, 4) is 5.75 Å². The highest BCUT2D eigenvalue weighted by atomic mass is 31.2. The van der Waals surface area contributed by atoms with Crippen molar-refractivity contribution in [2.75, 3.05) is 26.9 Å². The summed E-state index contributed by atoms with van der Waals surface area (Å²) >= 11 is 0. The fraction of sp³-hybridized carbons (Fsp3) is 0.500. The molecule has 0 amide bonds. The van der Waals surface area contributed by atoms with Crippen molar-refractivity contribution in [2.24, 2.45) is 0 Å². The lowest BCUT2D eigenvalue weighted by molar-refractivity contribution is -0.147. The second-order valence-electron chi connectivity index (χ2n) is 5.71. The summed E-state index contributed by atoms with van der Waals surface area (Å²) in [5.74, 6) is 0.270. The van der Waals surface area contributed by atoms with E-state index in [-0.39, 0.29) is 6.61 Å². The van der Waals surface area contributed by atoms with E-state index >= 15 is 0 Å². The number of hydrogen-bond acceptors (Lipinski definition) is 5. The molecule has 0 aromatic heterocycles. The summed E-state index contributed by atoms with van der Waals surface area (Å²) in [6.45, 7) is 6.64. The second kappa shape index (κ2) is 9.18. The van der Waals surface area contributed by atoms with E-state index in [1.807, 2.05) is 0 Å². The van der Waals surface area contributed by atoms with Gasteiger partial charge in [-0.3, -0.25) is 9.36 Å². The Bertz CT molecular complexity index is 631. The molecule has 1 fully saturated rings. The molecule has 138 valence electrons. The van der Waals surface area contributed by atoms with Gasteiger partial charge in [0.15, 0.2) is 0 Å². The van der Waals surface area contributed by atoms with E-state index in [4.69, 9.17) is 14.0 Å². The molecular formula is C18H26NO5P. The number of carbonyl (C=O) groups is 1. The Morgan fingerprint density at radius 2 is 2.12 bits per heavy atom. The zero-order valence-corrected chi connectivity index (χ0v) is 15.7. The molecule has 0 N–H and O–H groups in total. The predicted molar refractivity (Wildman–Crippen MR) is 97.4 cm³/mol. The minimum Gasteiger partial charge on any atom is -0.497 e. The maximum absolute atomic E-state index is 13.8. The smallest absolute Gasteiger partial charge is 0.324 e. The zero-order chi connectivity index (χ0) is 18.3. The van der Waals surface area contributed by atoms with Crippen molar-refractivity contribution in [3.63, 3.8) is 0 Å². The molecule has 1 saturated heterocycles. The molecule has 0 saturated carbocycles. The first kappa shape index (κ1) is 19.7. The minimum atomic E-state index is -3.38. The van der Waals surface area contributed by atoms with Gasteiger partial charge in [0, 0.05) is 6.54 Å². The summed E-state index contributed by atoms with van der Waals surface area (Å²) in [6, 6.07) is 6.27. The summed E-state index contributed by atoms with van der Waals surface area (Å²) in [5, 5.41) is 0.550. The highest BCUT2D eigenvalue weighted by Gasteiger charge is 2.42. The van der Waals surface area contributed by atoms with Gasteiger partial charge in [0.05, 0.1) is 25.6 Å². The lowest BCUT2D eigenvalue weighted by Gasteiger charge is -2.34. The molecule has 25 heavy (non-hydrogen) atoms. The molecule has 2 rings (SSSR count). The summed E-state index contributed by atoms with van der Waals surface area (Å²) in [7, 11) is -1.81. The van der Waals surface area contributed by atoms with Crippen LogP contribution in [0.5, 0.6) is 5.75 Å². The number of ether oxygens (including phenoxy) is 2. The van der Waals surface area contributed by atoms with Crippen LogP contribution in [0.25, 0.3) is 0 Å². The second-order valence-corrected chi connectivity index (χ2v) is 8.04. The molecule has 1 aromatic rings. The predicted octanol–water partition coefficient (Wildman–Crippen LogP) is 3.13. The van der Waals surface area contributed by atoms with E-state index in [0.717, 1.165) is 12.8 Å². The van der Waals surface area contributed by atoms with Gasteiger partial charge in [-0.25, -0.2) is 4.67 Å². The first-order valence-electron chi connectivity index (χ1n) is 8.50. The topological polar surface area (TPSA) is 65.1 Å². The van der Waals surface area contributed by atoms with Crippen LogP contribution in [0.15, 0.2) is 36.9 Å². The minimum absolute atomic E-state index is 0.272. The van der Waals surface area contributed by atoms with Crippen LogP contribution in [0.2, 0.25) is 0 Å².